The van der Waals surface area contributed by atoms with Gasteiger partial charge in [-0.3, -0.25) is 4.90 Å². The average molecular weight is 366 g/mol. The highest BCUT2D eigenvalue weighted by Crippen LogP contribution is 2.32. The number of hydrogen-bond donors (Lipinski definition) is 1. The van der Waals surface area contributed by atoms with E-state index in [9.17, 15) is 0 Å². The Morgan fingerprint density at radius 2 is 2.21 bits per heavy atom. The Hall–Kier alpha value is 0.390. The van der Waals surface area contributed by atoms with Gasteiger partial charge >= 0.3 is 0 Å². The van der Waals surface area contributed by atoms with Crippen LogP contribution in [0, 0.1) is 5.92 Å². The van der Waals surface area contributed by atoms with Gasteiger partial charge in [0, 0.05) is 22.4 Å². The highest BCUT2D eigenvalue weighted by molar-refractivity contribution is 9.10. The summed E-state index contributed by atoms with van der Waals surface area (Å²) in [5, 5.41) is 3.44. The van der Waals surface area contributed by atoms with Gasteiger partial charge < -0.3 is 5.32 Å². The molecule has 2 heterocycles. The number of nitrogens with one attached hydrogen (secondary N) is 1. The summed E-state index contributed by atoms with van der Waals surface area (Å²) in [6.45, 7) is 8.06. The number of halogens is 2. The molecule has 2 nitrogen and oxygen atoms in total. The van der Waals surface area contributed by atoms with Gasteiger partial charge in [-0.1, -0.05) is 18.5 Å². The van der Waals surface area contributed by atoms with Crippen molar-refractivity contribution in [1.29, 1.82) is 0 Å². The molecule has 0 aliphatic carbocycles. The van der Waals surface area contributed by atoms with Crippen LogP contribution in [0.2, 0.25) is 4.34 Å². The van der Waals surface area contributed by atoms with E-state index in [-0.39, 0.29) is 0 Å². The third-order valence-corrected chi connectivity index (χ3v) is 6.05. The Balaban J connectivity index is 1.91. The molecule has 1 fully saturated rings. The molecule has 19 heavy (non-hydrogen) atoms. The van der Waals surface area contributed by atoms with Crippen molar-refractivity contribution < 1.29 is 0 Å². The zero-order valence-corrected chi connectivity index (χ0v) is 14.6. The number of rotatable bonds is 6. The van der Waals surface area contributed by atoms with E-state index in [4.69, 9.17) is 11.6 Å². The van der Waals surface area contributed by atoms with Crippen LogP contribution >= 0.6 is 38.9 Å². The molecule has 0 radical (unpaired) electrons. The van der Waals surface area contributed by atoms with Crippen LogP contribution in [0.3, 0.4) is 0 Å². The fourth-order valence-electron chi connectivity index (χ4n) is 2.67. The second-order valence-electron chi connectivity index (χ2n) is 5.26. The minimum atomic E-state index is 0.853. The maximum Gasteiger partial charge on any atom is 0.107 e. The molecular weight excluding hydrogens is 344 g/mol. The van der Waals surface area contributed by atoms with Crippen LogP contribution in [0.15, 0.2) is 10.5 Å². The second-order valence-corrected chi connectivity index (χ2v) is 7.86. The second kappa shape index (κ2) is 7.99. The summed E-state index contributed by atoms with van der Waals surface area (Å²) < 4.78 is 1.90. The van der Waals surface area contributed by atoms with E-state index in [2.05, 4.69) is 39.1 Å². The highest BCUT2D eigenvalue weighted by atomic mass is 79.9. The molecule has 1 aliphatic rings. The molecule has 0 spiro atoms. The summed E-state index contributed by atoms with van der Waals surface area (Å²) in [5.74, 6) is 0.853. The Morgan fingerprint density at radius 3 is 2.79 bits per heavy atom. The molecule has 1 saturated heterocycles. The first-order chi connectivity index (χ1) is 9.19. The van der Waals surface area contributed by atoms with Crippen molar-refractivity contribution in [2.75, 3.05) is 26.2 Å². The lowest BCUT2D eigenvalue weighted by atomic mass is 9.97. The van der Waals surface area contributed by atoms with Crippen molar-refractivity contribution in [1.82, 2.24) is 10.2 Å². The minimum Gasteiger partial charge on any atom is -0.317 e. The molecule has 1 aromatic heterocycles. The van der Waals surface area contributed by atoms with E-state index in [1.165, 1.54) is 50.3 Å². The van der Waals surface area contributed by atoms with Gasteiger partial charge in [0.1, 0.15) is 4.34 Å². The number of hydrogen-bond acceptors (Lipinski definition) is 3. The zero-order valence-electron chi connectivity index (χ0n) is 11.4. The van der Waals surface area contributed by atoms with Crippen LogP contribution < -0.4 is 5.32 Å². The van der Waals surface area contributed by atoms with E-state index in [0.717, 1.165) is 21.3 Å². The SMILES string of the molecule is CCCN(Cc1cc(Br)c(Cl)s1)CC1CCNCC1. The molecular formula is C14H22BrClN2S. The van der Waals surface area contributed by atoms with E-state index in [1.807, 2.05) is 0 Å². The Labute approximate surface area is 133 Å². The van der Waals surface area contributed by atoms with Gasteiger partial charge in [-0.15, -0.1) is 11.3 Å². The fraction of sp³-hybridized carbons (Fsp3) is 0.714. The van der Waals surface area contributed by atoms with E-state index >= 15 is 0 Å². The van der Waals surface area contributed by atoms with Crippen molar-refractivity contribution in [3.05, 3.63) is 19.8 Å². The van der Waals surface area contributed by atoms with Crippen molar-refractivity contribution in [3.63, 3.8) is 0 Å². The molecule has 0 saturated carbocycles. The van der Waals surface area contributed by atoms with Crippen molar-refractivity contribution in [2.45, 2.75) is 32.7 Å². The summed E-state index contributed by atoms with van der Waals surface area (Å²) in [4.78, 5) is 3.95. The van der Waals surface area contributed by atoms with Gasteiger partial charge in [0.15, 0.2) is 0 Å². The van der Waals surface area contributed by atoms with Crippen LogP contribution in [0.1, 0.15) is 31.1 Å². The standard InChI is InChI=1S/C14H22BrClN2S/c1-2-7-18(9-11-3-5-17-6-4-11)10-12-8-13(15)14(16)19-12/h8,11,17H,2-7,9-10H2,1H3. The van der Waals surface area contributed by atoms with Crippen LogP contribution in [-0.2, 0) is 6.54 Å². The maximum absolute atomic E-state index is 6.13. The summed E-state index contributed by atoms with van der Waals surface area (Å²) in [5.41, 5.74) is 0. The largest absolute Gasteiger partial charge is 0.317 e. The van der Waals surface area contributed by atoms with E-state index in [0.29, 0.717) is 0 Å². The predicted octanol–water partition coefficient (Wildman–Crippen LogP) is 4.38. The van der Waals surface area contributed by atoms with Crippen molar-refractivity contribution in [2.24, 2.45) is 5.92 Å². The molecule has 0 bridgehead atoms. The van der Waals surface area contributed by atoms with Crippen LogP contribution in [0.25, 0.3) is 0 Å². The quantitative estimate of drug-likeness (QED) is 0.805. The summed E-state index contributed by atoms with van der Waals surface area (Å²) >= 11 is 11.3. The molecule has 108 valence electrons. The average Bonchev–Trinajstić information content (AvgIpc) is 2.70. The number of thiophene rings is 1. The van der Waals surface area contributed by atoms with Crippen LogP contribution in [-0.4, -0.2) is 31.1 Å². The Bertz CT molecular complexity index is 371. The predicted molar refractivity (Wildman–Crippen MR) is 88.2 cm³/mol. The van der Waals surface area contributed by atoms with Crippen molar-refractivity contribution in [3.8, 4) is 0 Å². The fourth-order valence-corrected chi connectivity index (χ4v) is 4.50. The lowest BCUT2D eigenvalue weighted by Gasteiger charge is -2.29. The molecule has 1 aromatic rings. The first kappa shape index (κ1) is 15.8. The van der Waals surface area contributed by atoms with Gasteiger partial charge in [-0.25, -0.2) is 0 Å². The first-order valence-electron chi connectivity index (χ1n) is 7.05. The number of nitrogens with zero attached hydrogens (tertiary/aromatic N) is 1. The molecule has 0 atom stereocenters. The lowest BCUT2D eigenvalue weighted by Crippen LogP contribution is -2.36. The van der Waals surface area contributed by atoms with Gasteiger partial charge in [0.05, 0.1) is 0 Å². The van der Waals surface area contributed by atoms with Crippen LogP contribution in [0.4, 0.5) is 0 Å². The molecule has 0 aromatic carbocycles. The topological polar surface area (TPSA) is 15.3 Å². The maximum atomic E-state index is 6.13. The van der Waals surface area contributed by atoms with Crippen molar-refractivity contribution >= 4 is 38.9 Å². The monoisotopic (exact) mass is 364 g/mol. The van der Waals surface area contributed by atoms with Gasteiger partial charge in [-0.2, -0.15) is 0 Å². The molecule has 2 rings (SSSR count). The molecule has 1 aliphatic heterocycles. The molecule has 1 N–H and O–H groups in total. The third kappa shape index (κ3) is 5.01. The summed E-state index contributed by atoms with van der Waals surface area (Å²) in [6, 6.07) is 2.16. The molecule has 0 amide bonds. The first-order valence-corrected chi connectivity index (χ1v) is 9.04. The third-order valence-electron chi connectivity index (χ3n) is 3.59. The number of piperidine rings is 1. The van der Waals surface area contributed by atoms with Crippen LogP contribution in [0.5, 0.6) is 0 Å². The summed E-state index contributed by atoms with van der Waals surface area (Å²) in [7, 11) is 0. The smallest absolute Gasteiger partial charge is 0.107 e. The Kier molecular flexibility index (Phi) is 6.63. The lowest BCUT2D eigenvalue weighted by molar-refractivity contribution is 0.200. The van der Waals surface area contributed by atoms with Gasteiger partial charge in [-0.05, 0) is 66.8 Å². The van der Waals surface area contributed by atoms with E-state index in [1.54, 1.807) is 11.3 Å². The van der Waals surface area contributed by atoms with E-state index < -0.39 is 0 Å². The normalized spacial score (nSPS) is 17.3. The molecule has 0 unspecified atom stereocenters. The van der Waals surface area contributed by atoms with Gasteiger partial charge in [0.25, 0.3) is 0 Å². The highest BCUT2D eigenvalue weighted by Gasteiger charge is 2.17. The summed E-state index contributed by atoms with van der Waals surface area (Å²) in [6.07, 6.45) is 3.84. The minimum absolute atomic E-state index is 0.853. The Morgan fingerprint density at radius 1 is 1.47 bits per heavy atom. The molecule has 5 heteroatoms. The zero-order chi connectivity index (χ0) is 13.7. The van der Waals surface area contributed by atoms with Gasteiger partial charge in [0.2, 0.25) is 0 Å².